The van der Waals surface area contributed by atoms with Crippen LogP contribution in [0.4, 0.5) is 8.78 Å². The van der Waals surface area contributed by atoms with Gasteiger partial charge in [0.1, 0.15) is 6.17 Å². The van der Waals surface area contributed by atoms with Crippen molar-refractivity contribution in [1.29, 1.82) is 5.26 Å². The first-order chi connectivity index (χ1) is 18.9. The minimum absolute atomic E-state index is 0.0129. The summed E-state index contributed by atoms with van der Waals surface area (Å²) in [5.41, 5.74) is -4.22. The number of thioether (sulfide) groups is 1. The van der Waals surface area contributed by atoms with Gasteiger partial charge in [-0.15, -0.1) is 0 Å². The Morgan fingerprint density at radius 1 is 1.30 bits per heavy atom. The van der Waals surface area contributed by atoms with E-state index in [9.17, 15) is 20.0 Å². The number of aliphatic hydroxyl groups excluding tert-OH is 1. The summed E-state index contributed by atoms with van der Waals surface area (Å²) >= 11 is 7.22. The summed E-state index contributed by atoms with van der Waals surface area (Å²) in [6.45, 7) is 5.19. The van der Waals surface area contributed by atoms with E-state index in [1.807, 2.05) is 31.2 Å². The number of carbonyl (C=O) groups is 2. The van der Waals surface area contributed by atoms with Crippen LogP contribution in [0.15, 0.2) is 48.1 Å². The number of rotatable bonds is 4. The van der Waals surface area contributed by atoms with Crippen molar-refractivity contribution in [3.05, 3.63) is 58.7 Å². The number of alkyl halides is 2. The van der Waals surface area contributed by atoms with Gasteiger partial charge < -0.3 is 5.11 Å². The number of fused-ring (bicyclic) bond motifs is 7. The molecule has 1 N–H and O–H groups in total. The molecule has 0 amide bonds. The van der Waals surface area contributed by atoms with Crippen molar-refractivity contribution in [1.82, 2.24) is 4.90 Å². The van der Waals surface area contributed by atoms with E-state index in [-0.39, 0.29) is 46.9 Å². The van der Waals surface area contributed by atoms with Crippen LogP contribution >= 0.6 is 23.4 Å². The fraction of sp³-hybridized carbons (Fsp3) is 0.581. The Kier molecular flexibility index (Phi) is 6.66. The third-order valence-electron chi connectivity index (χ3n) is 11.2. The SMILES string of the molecule is CC12C=CC(=O)C=C1C(F)CC1C3CC4CN(Cc5cccc(Cl)c5)CC4(C(=O)SCC#N)C3(C)CC(O)C12F. The summed E-state index contributed by atoms with van der Waals surface area (Å²) < 4.78 is 33.4. The summed E-state index contributed by atoms with van der Waals surface area (Å²) in [6.07, 6.45) is 1.41. The van der Waals surface area contributed by atoms with Gasteiger partial charge in [-0.25, -0.2) is 8.78 Å². The standard InChI is InChI=1S/C31H33ClF2N2O3S/c1-28-7-6-21(37)12-24(28)25(33)13-23-22-11-19-16-36(15-18-4-3-5-20(32)10-18)17-30(19,27(39)40-9-8-35)29(22,2)14-26(38)31(23,28)34/h3-7,10,12,19,22-23,25-26,38H,9,11,13-17H2,1-2H3. The molecule has 6 rings (SSSR count). The first kappa shape index (κ1) is 28.1. The molecule has 1 aliphatic heterocycles. The van der Waals surface area contributed by atoms with Crippen molar-refractivity contribution in [2.45, 2.75) is 57.6 Å². The maximum atomic E-state index is 17.6. The summed E-state index contributed by atoms with van der Waals surface area (Å²) in [7, 11) is 0. The van der Waals surface area contributed by atoms with Crippen LogP contribution in [-0.4, -0.2) is 57.7 Å². The molecule has 1 aromatic rings. The average Bonchev–Trinajstić information content (AvgIpc) is 3.38. The van der Waals surface area contributed by atoms with E-state index >= 15 is 8.78 Å². The molecule has 0 bridgehead atoms. The average molecular weight is 587 g/mol. The molecular weight excluding hydrogens is 554 g/mol. The summed E-state index contributed by atoms with van der Waals surface area (Å²) in [5.74, 6) is -1.65. The van der Waals surface area contributed by atoms with Gasteiger partial charge >= 0.3 is 0 Å². The molecule has 0 radical (unpaired) electrons. The molecule has 9 unspecified atom stereocenters. The predicted molar refractivity (Wildman–Crippen MR) is 150 cm³/mol. The summed E-state index contributed by atoms with van der Waals surface area (Å²) in [4.78, 5) is 28.5. The normalized spacial score (nSPS) is 43.8. The first-order valence-corrected chi connectivity index (χ1v) is 15.2. The number of hydrogen-bond acceptors (Lipinski definition) is 6. The quantitative estimate of drug-likeness (QED) is 0.504. The van der Waals surface area contributed by atoms with Crippen LogP contribution in [0.25, 0.3) is 0 Å². The van der Waals surface area contributed by atoms with Gasteiger partial charge in [-0.1, -0.05) is 48.5 Å². The Hall–Kier alpha value is -2.05. The Bertz CT molecular complexity index is 1380. The van der Waals surface area contributed by atoms with Gasteiger partial charge in [0, 0.05) is 36.0 Å². The summed E-state index contributed by atoms with van der Waals surface area (Å²) in [5, 5.41) is 21.5. The van der Waals surface area contributed by atoms with E-state index in [2.05, 4.69) is 11.0 Å². The van der Waals surface area contributed by atoms with Crippen LogP contribution in [0.5, 0.6) is 0 Å². The number of ketones is 1. The zero-order valence-corrected chi connectivity index (χ0v) is 24.2. The second-order valence-electron chi connectivity index (χ2n) is 12.8. The van der Waals surface area contributed by atoms with E-state index in [4.69, 9.17) is 11.6 Å². The number of carbonyl (C=O) groups excluding carboxylic acids is 2. The molecule has 4 aliphatic carbocycles. The second-order valence-corrected chi connectivity index (χ2v) is 14.2. The van der Waals surface area contributed by atoms with Crippen molar-refractivity contribution in [2.75, 3.05) is 18.8 Å². The van der Waals surface area contributed by atoms with Crippen LogP contribution in [0.3, 0.4) is 0 Å². The largest absolute Gasteiger partial charge is 0.390 e. The highest BCUT2D eigenvalue weighted by Gasteiger charge is 2.78. The molecule has 4 fully saturated rings. The van der Waals surface area contributed by atoms with E-state index in [1.165, 1.54) is 18.2 Å². The van der Waals surface area contributed by atoms with E-state index in [0.717, 1.165) is 17.3 Å². The molecule has 9 atom stereocenters. The van der Waals surface area contributed by atoms with Gasteiger partial charge in [0.25, 0.3) is 0 Å². The minimum Gasteiger partial charge on any atom is -0.390 e. The Balaban J connectivity index is 1.40. The zero-order valence-electron chi connectivity index (χ0n) is 22.6. The van der Waals surface area contributed by atoms with Gasteiger partial charge in [0.15, 0.2) is 16.6 Å². The number of hydrogen-bond donors (Lipinski definition) is 1. The Labute approximate surface area is 242 Å². The molecule has 3 saturated carbocycles. The number of halogens is 3. The number of aliphatic hydroxyl groups is 1. The fourth-order valence-electron chi connectivity index (χ4n) is 9.45. The lowest BCUT2D eigenvalue weighted by Gasteiger charge is -2.63. The summed E-state index contributed by atoms with van der Waals surface area (Å²) in [6, 6.07) is 9.65. The number of benzene rings is 1. The molecule has 9 heteroatoms. The van der Waals surface area contributed by atoms with Crippen LogP contribution in [0, 0.1) is 45.3 Å². The number of likely N-dealkylation sites (tertiary alicyclic amines) is 1. The number of nitrogens with zero attached hydrogens (tertiary/aromatic N) is 2. The molecule has 1 aromatic carbocycles. The van der Waals surface area contributed by atoms with Gasteiger partial charge in [0.2, 0.25) is 0 Å². The van der Waals surface area contributed by atoms with Crippen molar-refractivity contribution >= 4 is 34.3 Å². The van der Waals surface area contributed by atoms with Crippen molar-refractivity contribution < 1.29 is 23.5 Å². The van der Waals surface area contributed by atoms with Crippen molar-refractivity contribution in [2.24, 2.45) is 34.0 Å². The topological polar surface area (TPSA) is 81.4 Å². The van der Waals surface area contributed by atoms with Crippen LogP contribution in [0.2, 0.25) is 5.02 Å². The molecule has 212 valence electrons. The molecule has 0 spiro atoms. The molecular formula is C31H33ClF2N2O3S. The highest BCUT2D eigenvalue weighted by atomic mass is 35.5. The fourth-order valence-corrected chi connectivity index (χ4v) is 10.6. The van der Waals surface area contributed by atoms with Gasteiger partial charge in [-0.3, -0.25) is 14.5 Å². The second kappa shape index (κ2) is 9.49. The predicted octanol–water partition coefficient (Wildman–Crippen LogP) is 5.47. The maximum absolute atomic E-state index is 17.6. The van der Waals surface area contributed by atoms with Crippen LogP contribution < -0.4 is 0 Å². The highest BCUT2D eigenvalue weighted by Crippen LogP contribution is 2.75. The van der Waals surface area contributed by atoms with E-state index < -0.39 is 40.1 Å². The Morgan fingerprint density at radius 3 is 2.80 bits per heavy atom. The molecule has 5 nitrogen and oxygen atoms in total. The highest BCUT2D eigenvalue weighted by molar-refractivity contribution is 8.13. The molecule has 1 saturated heterocycles. The Morgan fingerprint density at radius 2 is 2.08 bits per heavy atom. The van der Waals surface area contributed by atoms with Crippen molar-refractivity contribution in [3.63, 3.8) is 0 Å². The zero-order chi connectivity index (χ0) is 28.7. The lowest BCUT2D eigenvalue weighted by Crippen LogP contribution is -2.69. The lowest BCUT2D eigenvalue weighted by molar-refractivity contribution is -0.210. The van der Waals surface area contributed by atoms with Gasteiger partial charge in [-0.05, 0) is 78.9 Å². The smallest absolute Gasteiger partial charge is 0.198 e. The number of allylic oxidation sites excluding steroid dienone is 4. The van der Waals surface area contributed by atoms with Crippen LogP contribution in [-0.2, 0) is 16.1 Å². The lowest BCUT2D eigenvalue weighted by atomic mass is 9.43. The van der Waals surface area contributed by atoms with Gasteiger partial charge in [0.05, 0.1) is 23.3 Å². The monoisotopic (exact) mass is 586 g/mol. The maximum Gasteiger partial charge on any atom is 0.198 e. The third kappa shape index (κ3) is 3.63. The van der Waals surface area contributed by atoms with Gasteiger partial charge in [-0.2, -0.15) is 5.26 Å². The first-order valence-electron chi connectivity index (χ1n) is 13.9. The third-order valence-corrected chi connectivity index (χ3v) is 12.3. The molecule has 0 aromatic heterocycles. The molecule has 40 heavy (non-hydrogen) atoms. The van der Waals surface area contributed by atoms with E-state index in [0.29, 0.717) is 31.1 Å². The molecule has 1 heterocycles. The minimum atomic E-state index is -2.17. The van der Waals surface area contributed by atoms with Crippen LogP contribution in [0.1, 0.15) is 38.7 Å². The molecule has 5 aliphatic rings. The van der Waals surface area contributed by atoms with E-state index in [1.54, 1.807) is 6.92 Å². The van der Waals surface area contributed by atoms with Crippen molar-refractivity contribution in [3.8, 4) is 6.07 Å². The number of nitriles is 1.